The van der Waals surface area contributed by atoms with E-state index in [0.717, 1.165) is 24.8 Å². The maximum atomic E-state index is 13.6. The van der Waals surface area contributed by atoms with Crippen molar-refractivity contribution in [3.63, 3.8) is 0 Å². The quantitative estimate of drug-likeness (QED) is 0.0858. The molecule has 1 aromatic heterocycles. The molecule has 4 amide bonds. The first-order valence-corrected chi connectivity index (χ1v) is 16.1. The number of hydrogen-bond acceptors (Lipinski definition) is 8. The Balaban J connectivity index is 2.03. The summed E-state index contributed by atoms with van der Waals surface area (Å²) < 4.78 is 10.6. The summed E-state index contributed by atoms with van der Waals surface area (Å²) in [5.74, 6) is -1.63. The lowest BCUT2D eigenvalue weighted by atomic mass is 9.97. The molecule has 252 valence electrons. The highest BCUT2D eigenvalue weighted by atomic mass is 16.7. The summed E-state index contributed by atoms with van der Waals surface area (Å²) in [5.41, 5.74) is 6.11. The summed E-state index contributed by atoms with van der Waals surface area (Å²) in [6.07, 6.45) is 7.61. The van der Waals surface area contributed by atoms with Crippen LogP contribution in [0.4, 0.5) is 0 Å². The number of benzene rings is 1. The third-order valence-electron chi connectivity index (χ3n) is 7.50. The van der Waals surface area contributed by atoms with Crippen LogP contribution in [-0.4, -0.2) is 60.0 Å². The predicted octanol–water partition coefficient (Wildman–Crippen LogP) is 3.58. The largest absolute Gasteiger partial charge is 0.457 e. The summed E-state index contributed by atoms with van der Waals surface area (Å²) in [6.45, 7) is 5.99. The van der Waals surface area contributed by atoms with Crippen molar-refractivity contribution < 1.29 is 33.4 Å². The van der Waals surface area contributed by atoms with Gasteiger partial charge in [0.15, 0.2) is 0 Å². The molecular formula is C34H49N5O7. The van der Waals surface area contributed by atoms with Crippen molar-refractivity contribution in [2.45, 2.75) is 97.1 Å². The highest BCUT2D eigenvalue weighted by Crippen LogP contribution is 2.15. The van der Waals surface area contributed by atoms with E-state index in [4.69, 9.17) is 15.2 Å². The molecule has 0 fully saturated rings. The molecule has 0 aliphatic rings. The minimum Gasteiger partial charge on any atom is -0.457 e. The Morgan fingerprint density at radius 3 is 2.26 bits per heavy atom. The van der Waals surface area contributed by atoms with Crippen molar-refractivity contribution in [3.8, 4) is 5.75 Å². The lowest BCUT2D eigenvalue weighted by molar-refractivity contribution is -0.133. The van der Waals surface area contributed by atoms with E-state index in [9.17, 15) is 24.0 Å². The molecule has 12 nitrogen and oxygen atoms in total. The van der Waals surface area contributed by atoms with E-state index < -0.39 is 24.0 Å². The molecular weight excluding hydrogens is 590 g/mol. The van der Waals surface area contributed by atoms with Crippen molar-refractivity contribution >= 4 is 29.6 Å². The third-order valence-corrected chi connectivity index (χ3v) is 7.50. The Hall–Kier alpha value is -4.48. The van der Waals surface area contributed by atoms with Gasteiger partial charge in [-0.3, -0.25) is 19.2 Å². The maximum Gasteiger partial charge on any atom is 0.359 e. The number of pyridine rings is 1. The molecule has 1 aromatic carbocycles. The number of carbonyl (C=O) groups is 5. The van der Waals surface area contributed by atoms with Gasteiger partial charge in [0.1, 0.15) is 23.5 Å². The summed E-state index contributed by atoms with van der Waals surface area (Å²) in [7, 11) is 0. The van der Waals surface area contributed by atoms with Crippen LogP contribution in [0.2, 0.25) is 0 Å². The monoisotopic (exact) mass is 639 g/mol. The number of primary amides is 1. The van der Waals surface area contributed by atoms with Crippen molar-refractivity contribution in [1.82, 2.24) is 20.9 Å². The molecule has 0 aliphatic heterocycles. The fourth-order valence-electron chi connectivity index (χ4n) is 4.56. The normalized spacial score (nSPS) is 12.7. The molecule has 0 spiro atoms. The molecule has 46 heavy (non-hydrogen) atoms. The number of esters is 1. The van der Waals surface area contributed by atoms with Crippen LogP contribution in [0.15, 0.2) is 48.7 Å². The van der Waals surface area contributed by atoms with Crippen LogP contribution in [0.5, 0.6) is 5.75 Å². The third kappa shape index (κ3) is 14.5. The van der Waals surface area contributed by atoms with Gasteiger partial charge in [-0.25, -0.2) is 9.78 Å². The minimum absolute atomic E-state index is 0.150. The smallest absolute Gasteiger partial charge is 0.359 e. The summed E-state index contributed by atoms with van der Waals surface area (Å²) >= 11 is 0. The number of carbonyl (C=O) groups excluding carboxylic acids is 5. The molecule has 2 aromatic rings. The van der Waals surface area contributed by atoms with Gasteiger partial charge in [-0.1, -0.05) is 64.7 Å². The van der Waals surface area contributed by atoms with Gasteiger partial charge < -0.3 is 31.2 Å². The average Bonchev–Trinajstić information content (AvgIpc) is 3.05. The summed E-state index contributed by atoms with van der Waals surface area (Å²) in [4.78, 5) is 66.4. The molecule has 0 saturated carbocycles. The fourth-order valence-corrected chi connectivity index (χ4v) is 4.56. The zero-order valence-corrected chi connectivity index (χ0v) is 27.2. The standard InChI is InChI=1S/C34H49N5O7/c1-4-6-8-15-30(41)38-28(32(42)39-31(24(3)5-2)33(43)37-21-11-7-9-14-29(35)40)22-25-16-18-26(19-17-25)45-23-46-34(44)27-13-10-12-20-36-27/h10,12-13,16-20,24,28,31H,4-9,11,14-15,21-23H2,1-3H3,(H2,35,40)(H,37,43)(H,38,41)(H,39,42). The second-order valence-corrected chi connectivity index (χ2v) is 11.3. The van der Waals surface area contributed by atoms with E-state index in [1.54, 1.807) is 42.5 Å². The molecule has 0 aliphatic carbocycles. The Kier molecular flexibility index (Phi) is 17.5. The number of nitrogens with zero attached hydrogens (tertiary/aromatic N) is 1. The zero-order chi connectivity index (χ0) is 33.7. The van der Waals surface area contributed by atoms with Crippen LogP contribution >= 0.6 is 0 Å². The van der Waals surface area contributed by atoms with E-state index in [2.05, 4.69) is 20.9 Å². The van der Waals surface area contributed by atoms with Crippen molar-refractivity contribution in [3.05, 3.63) is 59.9 Å². The van der Waals surface area contributed by atoms with Gasteiger partial charge in [0.2, 0.25) is 30.4 Å². The van der Waals surface area contributed by atoms with Crippen LogP contribution in [0.3, 0.4) is 0 Å². The van der Waals surface area contributed by atoms with Crippen LogP contribution < -0.4 is 26.4 Å². The zero-order valence-electron chi connectivity index (χ0n) is 27.2. The molecule has 5 N–H and O–H groups in total. The van der Waals surface area contributed by atoms with E-state index in [1.807, 2.05) is 20.8 Å². The van der Waals surface area contributed by atoms with Gasteiger partial charge >= 0.3 is 5.97 Å². The second-order valence-electron chi connectivity index (χ2n) is 11.3. The molecule has 2 rings (SSSR count). The van der Waals surface area contributed by atoms with Gasteiger partial charge in [-0.05, 0) is 55.0 Å². The highest BCUT2D eigenvalue weighted by molar-refractivity contribution is 5.92. The molecule has 3 atom stereocenters. The van der Waals surface area contributed by atoms with Crippen LogP contribution in [-0.2, 0) is 30.3 Å². The molecule has 12 heteroatoms. The van der Waals surface area contributed by atoms with Gasteiger partial charge in [-0.2, -0.15) is 0 Å². The maximum absolute atomic E-state index is 13.6. The first kappa shape index (κ1) is 37.7. The Morgan fingerprint density at radius 1 is 0.870 bits per heavy atom. The molecule has 3 unspecified atom stereocenters. The number of hydrogen-bond donors (Lipinski definition) is 4. The number of nitrogens with one attached hydrogen (secondary N) is 3. The number of amides is 4. The van der Waals surface area contributed by atoms with Gasteiger partial charge in [0, 0.05) is 32.0 Å². The van der Waals surface area contributed by atoms with E-state index in [1.165, 1.54) is 6.20 Å². The Bertz CT molecular complexity index is 1240. The summed E-state index contributed by atoms with van der Waals surface area (Å²) in [6, 6.07) is 10.1. The van der Waals surface area contributed by atoms with Crippen LogP contribution in [0.25, 0.3) is 0 Å². The van der Waals surface area contributed by atoms with E-state index in [-0.39, 0.29) is 42.5 Å². The molecule has 0 saturated heterocycles. The number of ether oxygens (including phenoxy) is 2. The Labute approximate surface area is 271 Å². The fraction of sp³-hybridized carbons (Fsp3) is 0.529. The summed E-state index contributed by atoms with van der Waals surface area (Å²) in [5, 5.41) is 8.64. The Morgan fingerprint density at radius 2 is 1.61 bits per heavy atom. The first-order chi connectivity index (χ1) is 22.1. The second kappa shape index (κ2) is 21.3. The van der Waals surface area contributed by atoms with Gasteiger partial charge in [0.05, 0.1) is 0 Å². The number of unbranched alkanes of at least 4 members (excludes halogenated alkanes) is 4. The van der Waals surface area contributed by atoms with Crippen LogP contribution in [0.1, 0.15) is 94.6 Å². The number of nitrogens with two attached hydrogens (primary N) is 1. The van der Waals surface area contributed by atoms with Crippen molar-refractivity contribution in [2.75, 3.05) is 13.3 Å². The average molecular weight is 640 g/mol. The number of rotatable bonds is 22. The topological polar surface area (TPSA) is 179 Å². The minimum atomic E-state index is -0.909. The first-order valence-electron chi connectivity index (χ1n) is 16.1. The van der Waals surface area contributed by atoms with E-state index in [0.29, 0.717) is 50.8 Å². The van der Waals surface area contributed by atoms with Gasteiger partial charge in [-0.15, -0.1) is 0 Å². The lowest BCUT2D eigenvalue weighted by Crippen LogP contribution is -2.56. The van der Waals surface area contributed by atoms with Gasteiger partial charge in [0.25, 0.3) is 0 Å². The molecule has 1 heterocycles. The SMILES string of the molecule is CCCCCC(=O)NC(Cc1ccc(OCOC(=O)c2ccccn2)cc1)C(=O)NC(C(=O)NCCCCCC(N)=O)C(C)CC. The van der Waals surface area contributed by atoms with Crippen LogP contribution in [0, 0.1) is 5.92 Å². The lowest BCUT2D eigenvalue weighted by Gasteiger charge is -2.26. The highest BCUT2D eigenvalue weighted by Gasteiger charge is 2.30. The van der Waals surface area contributed by atoms with Crippen molar-refractivity contribution in [2.24, 2.45) is 11.7 Å². The van der Waals surface area contributed by atoms with Crippen molar-refractivity contribution in [1.29, 1.82) is 0 Å². The molecule has 0 radical (unpaired) electrons. The molecule has 0 bridgehead atoms. The predicted molar refractivity (Wildman–Crippen MR) is 173 cm³/mol. The number of aromatic nitrogens is 1. The van der Waals surface area contributed by atoms with E-state index >= 15 is 0 Å².